The van der Waals surface area contributed by atoms with E-state index < -0.39 is 0 Å². The smallest absolute Gasteiger partial charge is 0.0768 e. The predicted octanol–water partition coefficient (Wildman–Crippen LogP) is 1.25. The average molecular weight is 186 g/mol. The molecule has 0 saturated heterocycles. The molecular weight excluding hydrogens is 168 g/mol. The van der Waals surface area contributed by atoms with Gasteiger partial charge < -0.3 is 10.6 Å². The van der Waals surface area contributed by atoms with E-state index in [0.717, 1.165) is 12.5 Å². The first-order chi connectivity index (χ1) is 5.59. The molecule has 0 aromatic heterocycles. The van der Waals surface area contributed by atoms with Gasteiger partial charge in [0.25, 0.3) is 0 Å². The maximum absolute atomic E-state index is 5.54. The molecule has 3 heteroatoms. The fraction of sp³-hybridized carbons (Fsp3) is 0.889. The molecule has 1 aliphatic carbocycles. The van der Waals surface area contributed by atoms with Gasteiger partial charge >= 0.3 is 0 Å². The lowest BCUT2D eigenvalue weighted by Gasteiger charge is -2.20. The molecule has 0 heterocycles. The Hall–Kier alpha value is -0.150. The van der Waals surface area contributed by atoms with Gasteiger partial charge in [-0.3, -0.25) is 0 Å². The van der Waals surface area contributed by atoms with E-state index in [0.29, 0.717) is 10.9 Å². The van der Waals surface area contributed by atoms with Crippen LogP contribution in [0.3, 0.4) is 0 Å². The summed E-state index contributed by atoms with van der Waals surface area (Å²) in [6.07, 6.45) is 2.82. The van der Waals surface area contributed by atoms with Crippen molar-refractivity contribution in [2.24, 2.45) is 17.6 Å². The van der Waals surface area contributed by atoms with Crippen molar-refractivity contribution >= 4 is 17.2 Å². The highest BCUT2D eigenvalue weighted by molar-refractivity contribution is 7.80. The van der Waals surface area contributed by atoms with Crippen molar-refractivity contribution in [1.82, 2.24) is 4.90 Å². The van der Waals surface area contributed by atoms with E-state index in [-0.39, 0.29) is 0 Å². The number of rotatable bonds is 5. The van der Waals surface area contributed by atoms with Crippen LogP contribution >= 0.6 is 12.2 Å². The predicted molar refractivity (Wildman–Crippen MR) is 56.2 cm³/mol. The van der Waals surface area contributed by atoms with Crippen LogP contribution in [0.5, 0.6) is 0 Å². The van der Waals surface area contributed by atoms with Gasteiger partial charge in [-0.15, -0.1) is 0 Å². The molecule has 12 heavy (non-hydrogen) atoms. The third kappa shape index (κ3) is 3.50. The molecule has 0 aromatic rings. The van der Waals surface area contributed by atoms with Gasteiger partial charge in [0.1, 0.15) is 0 Å². The van der Waals surface area contributed by atoms with E-state index in [9.17, 15) is 0 Å². The summed E-state index contributed by atoms with van der Waals surface area (Å²) in [5.41, 5.74) is 5.54. The second-order valence-electron chi connectivity index (χ2n) is 3.97. The Morgan fingerprint density at radius 1 is 1.67 bits per heavy atom. The Bertz CT molecular complexity index is 166. The molecule has 1 saturated carbocycles. The largest absolute Gasteiger partial charge is 0.393 e. The topological polar surface area (TPSA) is 29.3 Å². The van der Waals surface area contributed by atoms with Gasteiger partial charge in [0, 0.05) is 19.0 Å². The summed E-state index contributed by atoms with van der Waals surface area (Å²) in [5.74, 6) is 1.30. The summed E-state index contributed by atoms with van der Waals surface area (Å²) in [6.45, 7) is 4.31. The van der Waals surface area contributed by atoms with E-state index in [1.54, 1.807) is 0 Å². The summed E-state index contributed by atoms with van der Waals surface area (Å²) in [7, 11) is 2.15. The third-order valence-corrected chi connectivity index (χ3v) is 2.74. The second-order valence-corrected chi connectivity index (χ2v) is 4.44. The Balaban J connectivity index is 2.14. The van der Waals surface area contributed by atoms with Crippen LogP contribution in [0.4, 0.5) is 0 Å². The minimum absolute atomic E-state index is 0.351. The summed E-state index contributed by atoms with van der Waals surface area (Å²) in [5, 5.41) is 0. The number of thiocarbonyl (C=S) groups is 1. The molecule has 1 aliphatic rings. The van der Waals surface area contributed by atoms with Crippen LogP contribution in [-0.2, 0) is 0 Å². The maximum atomic E-state index is 5.54. The number of hydrogen-bond donors (Lipinski definition) is 1. The Morgan fingerprint density at radius 3 is 2.67 bits per heavy atom. The van der Waals surface area contributed by atoms with Crippen LogP contribution in [0.25, 0.3) is 0 Å². The van der Waals surface area contributed by atoms with E-state index in [4.69, 9.17) is 18.0 Å². The fourth-order valence-corrected chi connectivity index (χ4v) is 1.45. The van der Waals surface area contributed by atoms with Crippen molar-refractivity contribution in [3.05, 3.63) is 0 Å². The molecule has 0 aromatic carbocycles. The molecule has 0 amide bonds. The Kier molecular flexibility index (Phi) is 3.47. The van der Waals surface area contributed by atoms with Crippen LogP contribution < -0.4 is 5.73 Å². The highest BCUT2D eigenvalue weighted by atomic mass is 32.1. The summed E-state index contributed by atoms with van der Waals surface area (Å²) < 4.78 is 0. The highest BCUT2D eigenvalue weighted by Gasteiger charge is 2.23. The zero-order valence-electron chi connectivity index (χ0n) is 7.92. The van der Waals surface area contributed by atoms with E-state index in [1.165, 1.54) is 19.4 Å². The van der Waals surface area contributed by atoms with Crippen LogP contribution in [-0.4, -0.2) is 30.0 Å². The lowest BCUT2D eigenvalue weighted by atomic mass is 10.1. The van der Waals surface area contributed by atoms with Crippen molar-refractivity contribution in [3.8, 4) is 0 Å². The fourth-order valence-electron chi connectivity index (χ4n) is 1.37. The molecule has 2 nitrogen and oxygen atoms in total. The van der Waals surface area contributed by atoms with Gasteiger partial charge in [-0.05, 0) is 25.8 Å². The number of hydrogen-bond acceptors (Lipinski definition) is 2. The lowest BCUT2D eigenvalue weighted by Crippen LogP contribution is -2.32. The zero-order valence-corrected chi connectivity index (χ0v) is 8.73. The monoisotopic (exact) mass is 186 g/mol. The molecule has 1 rings (SSSR count). The van der Waals surface area contributed by atoms with E-state index in [2.05, 4.69) is 18.9 Å². The van der Waals surface area contributed by atoms with Gasteiger partial charge in [0.15, 0.2) is 0 Å². The molecule has 0 bridgehead atoms. The van der Waals surface area contributed by atoms with Gasteiger partial charge in [-0.25, -0.2) is 0 Å². The van der Waals surface area contributed by atoms with Gasteiger partial charge in [-0.1, -0.05) is 19.1 Å². The minimum atomic E-state index is 0.351. The SMILES string of the molecule is CC(CN(C)CC1CC1)C(N)=S. The standard InChI is InChI=1S/C9H18N2S/c1-7(9(10)12)5-11(2)6-8-3-4-8/h7-8H,3-6H2,1-2H3,(H2,10,12). The summed E-state index contributed by atoms with van der Waals surface area (Å²) in [6, 6.07) is 0. The first-order valence-corrected chi connectivity index (χ1v) is 4.98. The van der Waals surface area contributed by atoms with Crippen molar-refractivity contribution in [1.29, 1.82) is 0 Å². The number of nitrogens with two attached hydrogens (primary N) is 1. The van der Waals surface area contributed by atoms with Crippen LogP contribution in [0.2, 0.25) is 0 Å². The Morgan fingerprint density at radius 2 is 2.25 bits per heavy atom. The molecule has 1 fully saturated rings. The molecular formula is C9H18N2S. The van der Waals surface area contributed by atoms with E-state index in [1.807, 2.05) is 0 Å². The molecule has 0 aliphatic heterocycles. The maximum Gasteiger partial charge on any atom is 0.0768 e. The number of nitrogens with zero attached hydrogens (tertiary/aromatic N) is 1. The third-order valence-electron chi connectivity index (χ3n) is 2.34. The second kappa shape index (κ2) is 4.19. The van der Waals surface area contributed by atoms with Gasteiger partial charge in [0.2, 0.25) is 0 Å². The van der Waals surface area contributed by atoms with E-state index >= 15 is 0 Å². The molecule has 0 radical (unpaired) electrons. The minimum Gasteiger partial charge on any atom is -0.393 e. The van der Waals surface area contributed by atoms with Gasteiger partial charge in [-0.2, -0.15) is 0 Å². The normalized spacial score (nSPS) is 19.6. The summed E-state index contributed by atoms with van der Waals surface area (Å²) in [4.78, 5) is 2.97. The van der Waals surface area contributed by atoms with Crippen molar-refractivity contribution in [2.75, 3.05) is 20.1 Å². The summed E-state index contributed by atoms with van der Waals surface area (Å²) >= 11 is 4.92. The van der Waals surface area contributed by atoms with Crippen molar-refractivity contribution in [3.63, 3.8) is 0 Å². The van der Waals surface area contributed by atoms with Gasteiger partial charge in [0.05, 0.1) is 4.99 Å². The molecule has 1 atom stereocenters. The first-order valence-electron chi connectivity index (χ1n) is 4.57. The zero-order chi connectivity index (χ0) is 9.14. The molecule has 0 spiro atoms. The lowest BCUT2D eigenvalue weighted by molar-refractivity contribution is 0.303. The molecule has 1 unspecified atom stereocenters. The first kappa shape index (κ1) is 9.93. The van der Waals surface area contributed by atoms with Crippen molar-refractivity contribution < 1.29 is 0 Å². The Labute approximate surface area is 80.1 Å². The molecule has 2 N–H and O–H groups in total. The average Bonchev–Trinajstić information content (AvgIpc) is 2.71. The van der Waals surface area contributed by atoms with Crippen LogP contribution in [0, 0.1) is 11.8 Å². The van der Waals surface area contributed by atoms with Crippen LogP contribution in [0.1, 0.15) is 19.8 Å². The molecule has 70 valence electrons. The van der Waals surface area contributed by atoms with Crippen molar-refractivity contribution in [2.45, 2.75) is 19.8 Å². The van der Waals surface area contributed by atoms with Crippen LogP contribution in [0.15, 0.2) is 0 Å². The quantitative estimate of drug-likeness (QED) is 0.655. The highest BCUT2D eigenvalue weighted by Crippen LogP contribution is 2.29.